The number of nitrogens with zero attached hydrogens (tertiary/aromatic N) is 2. The molecular weight excluding hydrogens is 442 g/mol. The van der Waals surface area contributed by atoms with Gasteiger partial charge in [-0.15, -0.1) is 0 Å². The number of para-hydroxylation sites is 1. The quantitative estimate of drug-likeness (QED) is 0.661. The molecule has 29 heavy (non-hydrogen) atoms. The predicted octanol–water partition coefficient (Wildman–Crippen LogP) is 3.43. The third kappa shape index (κ3) is 5.01. The van der Waals surface area contributed by atoms with E-state index in [1.807, 2.05) is 0 Å². The molecule has 0 spiro atoms. The fourth-order valence-electron chi connectivity index (χ4n) is 3.00. The van der Waals surface area contributed by atoms with Crippen molar-refractivity contribution < 1.29 is 22.3 Å². The van der Waals surface area contributed by atoms with Gasteiger partial charge < -0.3 is 9.64 Å². The van der Waals surface area contributed by atoms with Gasteiger partial charge in [0.1, 0.15) is 4.90 Å². The van der Waals surface area contributed by atoms with Crippen LogP contribution in [0.1, 0.15) is 6.42 Å². The molecule has 1 aliphatic rings. The van der Waals surface area contributed by atoms with Gasteiger partial charge in [-0.2, -0.15) is 4.31 Å². The van der Waals surface area contributed by atoms with Crippen LogP contribution in [0.25, 0.3) is 0 Å². The lowest BCUT2D eigenvalue weighted by molar-refractivity contribution is -0.132. The van der Waals surface area contributed by atoms with Gasteiger partial charge >= 0.3 is 0 Å². The van der Waals surface area contributed by atoms with Crippen LogP contribution in [0.5, 0.6) is 5.75 Å². The molecule has 0 atom stereocenters. The van der Waals surface area contributed by atoms with Crippen molar-refractivity contribution in [3.05, 3.63) is 58.3 Å². The Balaban J connectivity index is 1.54. The minimum Gasteiger partial charge on any atom is -0.490 e. The first-order chi connectivity index (χ1) is 13.8. The van der Waals surface area contributed by atoms with Crippen LogP contribution in [0.3, 0.4) is 0 Å². The maximum atomic E-state index is 13.5. The molecule has 1 amide bonds. The van der Waals surface area contributed by atoms with Gasteiger partial charge in [0.05, 0.1) is 23.1 Å². The molecule has 1 fully saturated rings. The Morgan fingerprint density at radius 2 is 1.62 bits per heavy atom. The van der Waals surface area contributed by atoms with Gasteiger partial charge in [0, 0.05) is 26.2 Å². The van der Waals surface area contributed by atoms with E-state index in [4.69, 9.17) is 27.9 Å². The van der Waals surface area contributed by atoms with Crippen molar-refractivity contribution in [2.45, 2.75) is 11.3 Å². The summed E-state index contributed by atoms with van der Waals surface area (Å²) in [6.07, 6.45) is 0.0669. The fourth-order valence-corrected chi connectivity index (χ4v) is 5.52. The maximum Gasteiger partial charge on any atom is 0.246 e. The average molecular weight is 461 g/mol. The molecule has 2 aromatic rings. The summed E-state index contributed by atoms with van der Waals surface area (Å²) in [6.45, 7) is 0.765. The molecule has 0 unspecified atom stereocenters. The monoisotopic (exact) mass is 460 g/mol. The number of amides is 1. The topological polar surface area (TPSA) is 66.9 Å². The van der Waals surface area contributed by atoms with E-state index in [0.717, 1.165) is 0 Å². The molecule has 0 saturated carbocycles. The summed E-state index contributed by atoms with van der Waals surface area (Å²) in [5, 5.41) is 0.114. The summed E-state index contributed by atoms with van der Waals surface area (Å²) >= 11 is 12.1. The molecule has 0 N–H and O–H groups in total. The number of sulfonamides is 1. The number of hydrogen-bond donors (Lipinski definition) is 0. The number of benzene rings is 2. The molecule has 10 heteroatoms. The lowest BCUT2D eigenvalue weighted by Gasteiger charge is -2.34. The van der Waals surface area contributed by atoms with Crippen LogP contribution in [0, 0.1) is 5.82 Å². The normalized spacial score (nSPS) is 15.3. The number of halogens is 3. The minimum atomic E-state index is -3.87. The van der Waals surface area contributed by atoms with E-state index in [9.17, 15) is 17.6 Å². The summed E-state index contributed by atoms with van der Waals surface area (Å²) in [5.74, 6) is -0.584. The maximum absolute atomic E-state index is 13.5. The Bertz CT molecular complexity index is 975. The van der Waals surface area contributed by atoms with Crippen molar-refractivity contribution in [1.82, 2.24) is 9.21 Å². The highest BCUT2D eigenvalue weighted by Crippen LogP contribution is 2.31. The van der Waals surface area contributed by atoms with Gasteiger partial charge in [-0.25, -0.2) is 12.8 Å². The van der Waals surface area contributed by atoms with E-state index in [1.54, 1.807) is 23.1 Å². The smallest absolute Gasteiger partial charge is 0.246 e. The Morgan fingerprint density at radius 1 is 1.00 bits per heavy atom. The third-order valence-corrected chi connectivity index (χ3v) is 7.37. The molecule has 2 aromatic carbocycles. The Kier molecular flexibility index (Phi) is 7.00. The summed E-state index contributed by atoms with van der Waals surface area (Å²) < 4.78 is 45.8. The van der Waals surface area contributed by atoms with Gasteiger partial charge in [0.25, 0.3) is 0 Å². The molecule has 0 aromatic heterocycles. The molecule has 1 heterocycles. The number of piperazine rings is 1. The van der Waals surface area contributed by atoms with E-state index in [2.05, 4.69) is 0 Å². The van der Waals surface area contributed by atoms with E-state index in [1.165, 1.54) is 28.6 Å². The fraction of sp³-hybridized carbons (Fsp3) is 0.316. The lowest BCUT2D eigenvalue weighted by atomic mass is 10.3. The van der Waals surface area contributed by atoms with Gasteiger partial charge in [0.15, 0.2) is 11.6 Å². The predicted molar refractivity (Wildman–Crippen MR) is 108 cm³/mol. The molecule has 3 rings (SSSR count). The summed E-state index contributed by atoms with van der Waals surface area (Å²) in [5.41, 5.74) is 0. The molecule has 0 radical (unpaired) electrons. The third-order valence-electron chi connectivity index (χ3n) is 4.52. The van der Waals surface area contributed by atoms with Crippen molar-refractivity contribution in [1.29, 1.82) is 0 Å². The van der Waals surface area contributed by atoms with Crippen LogP contribution >= 0.6 is 23.2 Å². The zero-order valence-corrected chi connectivity index (χ0v) is 17.7. The van der Waals surface area contributed by atoms with Crippen LogP contribution < -0.4 is 4.74 Å². The van der Waals surface area contributed by atoms with Crippen LogP contribution in [-0.2, 0) is 14.8 Å². The Labute approximate surface area is 178 Å². The largest absolute Gasteiger partial charge is 0.490 e. The highest BCUT2D eigenvalue weighted by molar-refractivity contribution is 7.89. The lowest BCUT2D eigenvalue weighted by Crippen LogP contribution is -2.50. The number of hydrogen-bond acceptors (Lipinski definition) is 4. The zero-order chi connectivity index (χ0) is 21.0. The van der Waals surface area contributed by atoms with Crippen LogP contribution in [0.4, 0.5) is 4.39 Å². The molecule has 0 aliphatic carbocycles. The van der Waals surface area contributed by atoms with E-state index >= 15 is 0 Å². The van der Waals surface area contributed by atoms with Crippen molar-refractivity contribution in [2.24, 2.45) is 0 Å². The molecule has 0 bridgehead atoms. The molecule has 6 nitrogen and oxygen atoms in total. The van der Waals surface area contributed by atoms with E-state index < -0.39 is 15.8 Å². The van der Waals surface area contributed by atoms with Crippen molar-refractivity contribution >= 4 is 39.1 Å². The summed E-state index contributed by atoms with van der Waals surface area (Å²) in [6, 6.07) is 10.5. The van der Waals surface area contributed by atoms with Gasteiger partial charge in [-0.05, 0) is 24.3 Å². The minimum absolute atomic E-state index is 0.0352. The Hall–Kier alpha value is -1.87. The number of carbonyl (C=O) groups is 1. The average Bonchev–Trinajstić information content (AvgIpc) is 2.69. The molecule has 156 valence electrons. The zero-order valence-electron chi connectivity index (χ0n) is 15.4. The van der Waals surface area contributed by atoms with Crippen molar-refractivity contribution in [3.8, 4) is 5.75 Å². The van der Waals surface area contributed by atoms with Crippen LogP contribution in [-0.4, -0.2) is 56.3 Å². The summed E-state index contributed by atoms with van der Waals surface area (Å²) in [7, 11) is -3.87. The van der Waals surface area contributed by atoms with Gasteiger partial charge in [0.2, 0.25) is 15.9 Å². The van der Waals surface area contributed by atoms with Crippen molar-refractivity contribution in [2.75, 3.05) is 32.8 Å². The standard InChI is InChI=1S/C19H19Cl2FN2O4S/c20-14-4-3-5-15(21)19(14)29(26,27)24-11-9-23(10-12-24)18(25)8-13-28-17-7-2-1-6-16(17)22/h1-7H,8-13H2. The van der Waals surface area contributed by atoms with E-state index in [0.29, 0.717) is 0 Å². The second-order valence-corrected chi connectivity index (χ2v) is 9.05. The molecule has 1 aliphatic heterocycles. The first-order valence-corrected chi connectivity index (χ1v) is 11.1. The first kappa shape index (κ1) is 21.8. The first-order valence-electron chi connectivity index (χ1n) is 8.90. The van der Waals surface area contributed by atoms with Gasteiger partial charge in [-0.3, -0.25) is 4.79 Å². The SMILES string of the molecule is O=C(CCOc1ccccc1F)N1CCN(S(=O)(=O)c2c(Cl)cccc2Cl)CC1. The van der Waals surface area contributed by atoms with Crippen LogP contribution in [0.2, 0.25) is 10.0 Å². The van der Waals surface area contributed by atoms with Crippen molar-refractivity contribution in [3.63, 3.8) is 0 Å². The highest BCUT2D eigenvalue weighted by Gasteiger charge is 2.32. The second kappa shape index (κ2) is 9.30. The van der Waals surface area contributed by atoms with Gasteiger partial charge in [-0.1, -0.05) is 41.4 Å². The van der Waals surface area contributed by atoms with Crippen LogP contribution in [0.15, 0.2) is 47.4 Å². The summed E-state index contributed by atoms with van der Waals surface area (Å²) in [4.78, 5) is 13.8. The highest BCUT2D eigenvalue weighted by atomic mass is 35.5. The number of rotatable bonds is 6. The second-order valence-electron chi connectivity index (χ2n) is 6.36. The Morgan fingerprint density at radius 3 is 2.24 bits per heavy atom. The molecule has 1 saturated heterocycles. The molecular formula is C19H19Cl2FN2O4S. The number of carbonyl (C=O) groups excluding carboxylic acids is 1. The number of ether oxygens (including phenoxy) is 1. The van der Waals surface area contributed by atoms with E-state index in [-0.39, 0.29) is 65.8 Å².